The third-order valence-electron chi connectivity index (χ3n) is 1.35. The molecule has 0 heterocycles. The summed E-state index contributed by atoms with van der Waals surface area (Å²) < 4.78 is 37.5. The van der Waals surface area contributed by atoms with Crippen molar-refractivity contribution in [2.45, 2.75) is 13.8 Å². The number of benzene rings is 1. The number of hydrogen-bond donors (Lipinski definition) is 2. The zero-order valence-electron chi connectivity index (χ0n) is 10.00. The fourth-order valence-corrected chi connectivity index (χ4v) is 1.16. The second-order valence-electron chi connectivity index (χ2n) is 2.61. The summed E-state index contributed by atoms with van der Waals surface area (Å²) >= 11 is 0. The van der Waals surface area contributed by atoms with Crippen LogP contribution in [0.3, 0.4) is 0 Å². The molecule has 0 aliphatic carbocycles. The molecular weight excluding hydrogens is 246 g/mol. The monoisotopic (exact) mass is 265 g/mol. The molecule has 0 radical (unpaired) electrons. The number of ether oxygens (including phenoxy) is 1. The van der Waals surface area contributed by atoms with Gasteiger partial charge in [-0.3, -0.25) is 4.55 Å². The third-order valence-corrected chi connectivity index (χ3v) is 1.76. The number of rotatable bonds is 4. The summed E-state index contributed by atoms with van der Waals surface area (Å²) in [4.78, 5) is 0. The Kier molecular flexibility index (Phi) is 10.8. The highest BCUT2D eigenvalue weighted by atomic mass is 32.3. The van der Waals surface area contributed by atoms with Gasteiger partial charge in [0.05, 0.1) is 0 Å². The van der Waals surface area contributed by atoms with Crippen LogP contribution in [0.2, 0.25) is 0 Å². The Labute approximate surface area is 102 Å². The van der Waals surface area contributed by atoms with Crippen LogP contribution in [0.1, 0.15) is 13.8 Å². The van der Waals surface area contributed by atoms with Gasteiger partial charge in [-0.2, -0.15) is 8.42 Å². The van der Waals surface area contributed by atoms with E-state index >= 15 is 0 Å². The Morgan fingerprint density at radius 1 is 1.12 bits per heavy atom. The lowest BCUT2D eigenvalue weighted by molar-refractivity contribution is 0.162. The minimum absolute atomic E-state index is 0. The first-order valence-electron chi connectivity index (χ1n) is 4.79. The van der Waals surface area contributed by atoms with Crippen molar-refractivity contribution in [3.63, 3.8) is 0 Å². The van der Waals surface area contributed by atoms with Crippen LogP contribution in [-0.2, 0) is 15.1 Å². The summed E-state index contributed by atoms with van der Waals surface area (Å²) in [6, 6.07) is 7.75. The van der Waals surface area contributed by atoms with Crippen LogP contribution in [0.25, 0.3) is 0 Å². The van der Waals surface area contributed by atoms with Gasteiger partial charge in [0.15, 0.2) is 0 Å². The van der Waals surface area contributed by atoms with E-state index in [1.54, 1.807) is 18.2 Å². The van der Waals surface area contributed by atoms with E-state index in [2.05, 4.69) is 4.18 Å². The smallest absolute Gasteiger partial charge is 0.382 e. The maximum Gasteiger partial charge on any atom is 0.446 e. The van der Waals surface area contributed by atoms with E-state index in [9.17, 15) is 8.42 Å². The minimum Gasteiger partial charge on any atom is -0.382 e. The molecule has 0 atom stereocenters. The molecule has 1 aromatic rings. The molecule has 1 aromatic carbocycles. The summed E-state index contributed by atoms with van der Waals surface area (Å²) in [5.41, 5.74) is 0. The van der Waals surface area contributed by atoms with Crippen molar-refractivity contribution in [1.82, 2.24) is 6.15 Å². The molecule has 17 heavy (non-hydrogen) atoms. The van der Waals surface area contributed by atoms with E-state index in [1.165, 1.54) is 12.1 Å². The molecule has 0 aliphatic rings. The van der Waals surface area contributed by atoms with Crippen LogP contribution in [0, 0.1) is 0 Å². The molecule has 100 valence electrons. The van der Waals surface area contributed by atoms with Gasteiger partial charge in [0, 0.05) is 13.2 Å². The molecular formula is C10H19NO5S. The zero-order chi connectivity index (χ0) is 12.4. The Balaban J connectivity index is 0. The summed E-state index contributed by atoms with van der Waals surface area (Å²) in [5.74, 6) is 0.0926. The molecule has 0 saturated carbocycles. The number of hydrogen-bond acceptors (Lipinski definition) is 5. The van der Waals surface area contributed by atoms with Crippen molar-refractivity contribution in [3.8, 4) is 5.75 Å². The molecule has 0 aromatic heterocycles. The van der Waals surface area contributed by atoms with Gasteiger partial charge in [-0.1, -0.05) is 18.2 Å². The average Bonchev–Trinajstić information content (AvgIpc) is 2.19. The van der Waals surface area contributed by atoms with Crippen LogP contribution in [0.4, 0.5) is 0 Å². The molecule has 0 saturated heterocycles. The van der Waals surface area contributed by atoms with Crippen LogP contribution in [0.15, 0.2) is 30.3 Å². The van der Waals surface area contributed by atoms with Crippen molar-refractivity contribution in [3.05, 3.63) is 30.3 Å². The molecule has 0 unspecified atom stereocenters. The first kappa shape index (κ1) is 18.2. The van der Waals surface area contributed by atoms with E-state index < -0.39 is 10.4 Å². The molecule has 7 heteroatoms. The van der Waals surface area contributed by atoms with E-state index in [-0.39, 0.29) is 11.9 Å². The van der Waals surface area contributed by atoms with Crippen LogP contribution in [-0.4, -0.2) is 26.2 Å². The van der Waals surface area contributed by atoms with Gasteiger partial charge in [0.2, 0.25) is 0 Å². The first-order chi connectivity index (χ1) is 7.49. The highest BCUT2D eigenvalue weighted by molar-refractivity contribution is 7.81. The van der Waals surface area contributed by atoms with Crippen molar-refractivity contribution < 1.29 is 21.9 Å². The van der Waals surface area contributed by atoms with Crippen LogP contribution >= 0.6 is 0 Å². The van der Waals surface area contributed by atoms with Crippen molar-refractivity contribution in [2.75, 3.05) is 13.2 Å². The molecule has 0 bridgehead atoms. The van der Waals surface area contributed by atoms with Gasteiger partial charge in [-0.05, 0) is 26.0 Å². The molecule has 0 aliphatic heterocycles. The second-order valence-corrected chi connectivity index (χ2v) is 3.63. The minimum atomic E-state index is -4.38. The average molecular weight is 265 g/mol. The molecule has 0 spiro atoms. The van der Waals surface area contributed by atoms with E-state index in [0.29, 0.717) is 0 Å². The summed E-state index contributed by atoms with van der Waals surface area (Å²) in [6.07, 6.45) is 0. The summed E-state index contributed by atoms with van der Waals surface area (Å²) in [5, 5.41) is 0. The zero-order valence-corrected chi connectivity index (χ0v) is 10.8. The van der Waals surface area contributed by atoms with Crippen molar-refractivity contribution in [1.29, 1.82) is 0 Å². The predicted octanol–water partition coefficient (Wildman–Crippen LogP) is 2.07. The first-order valence-corrected chi connectivity index (χ1v) is 6.15. The topological polar surface area (TPSA) is 108 Å². The molecule has 1 rings (SSSR count). The maximum atomic E-state index is 10.1. The lowest BCUT2D eigenvalue weighted by Gasteiger charge is -1.98. The Hall–Kier alpha value is -1.15. The van der Waals surface area contributed by atoms with Crippen LogP contribution < -0.4 is 10.3 Å². The lowest BCUT2D eigenvalue weighted by atomic mass is 10.3. The van der Waals surface area contributed by atoms with E-state index in [1.807, 2.05) is 13.8 Å². The second kappa shape index (κ2) is 10.0. The fourth-order valence-electron chi connectivity index (χ4n) is 0.802. The van der Waals surface area contributed by atoms with Crippen LogP contribution in [0.5, 0.6) is 5.75 Å². The molecule has 0 amide bonds. The summed E-state index contributed by atoms with van der Waals surface area (Å²) in [7, 11) is -4.38. The van der Waals surface area contributed by atoms with Gasteiger partial charge < -0.3 is 15.1 Å². The van der Waals surface area contributed by atoms with Gasteiger partial charge in [-0.25, -0.2) is 0 Å². The highest BCUT2D eigenvalue weighted by Gasteiger charge is 2.04. The summed E-state index contributed by atoms with van der Waals surface area (Å²) in [6.45, 7) is 5.67. The largest absolute Gasteiger partial charge is 0.446 e. The molecule has 4 N–H and O–H groups in total. The fraction of sp³-hybridized carbons (Fsp3) is 0.400. The standard InChI is InChI=1S/C6H6O4S.C4H10O.H3N/c7-11(8,9)10-6-4-2-1-3-5-6;1-3-5-4-2;/h1-5H,(H,7,8,9);3-4H2,1-2H3;1H3. The van der Waals surface area contributed by atoms with Gasteiger partial charge in [-0.15, -0.1) is 0 Å². The van der Waals surface area contributed by atoms with Gasteiger partial charge in [0.25, 0.3) is 0 Å². The normalized spacial score (nSPS) is 9.59. The SMILES string of the molecule is CCOCC.N.O=S(=O)(O)Oc1ccccc1. The van der Waals surface area contributed by atoms with Crippen molar-refractivity contribution in [2.24, 2.45) is 0 Å². The highest BCUT2D eigenvalue weighted by Crippen LogP contribution is 2.09. The number of para-hydroxylation sites is 1. The quantitative estimate of drug-likeness (QED) is 0.807. The van der Waals surface area contributed by atoms with Gasteiger partial charge in [0.1, 0.15) is 5.75 Å². The Morgan fingerprint density at radius 3 is 1.88 bits per heavy atom. The van der Waals surface area contributed by atoms with Crippen molar-refractivity contribution >= 4 is 10.4 Å². The predicted molar refractivity (Wildman–Crippen MR) is 65.8 cm³/mol. The third kappa shape index (κ3) is 12.8. The molecule has 0 fully saturated rings. The molecule has 6 nitrogen and oxygen atoms in total. The Morgan fingerprint density at radius 2 is 1.59 bits per heavy atom. The van der Waals surface area contributed by atoms with Gasteiger partial charge >= 0.3 is 10.4 Å². The lowest BCUT2D eigenvalue weighted by Crippen LogP contribution is -2.06. The maximum absolute atomic E-state index is 10.1. The van der Waals surface area contributed by atoms with E-state index in [4.69, 9.17) is 9.29 Å². The van der Waals surface area contributed by atoms with E-state index in [0.717, 1.165) is 13.2 Å². The Bertz CT molecular complexity index is 364.